The van der Waals surface area contributed by atoms with Gasteiger partial charge in [0, 0.05) is 40.0 Å². The highest BCUT2D eigenvalue weighted by atomic mass is 35.5. The molecule has 0 saturated carbocycles. The summed E-state index contributed by atoms with van der Waals surface area (Å²) in [6.07, 6.45) is 3.61. The van der Waals surface area contributed by atoms with Gasteiger partial charge >= 0.3 is 0 Å². The van der Waals surface area contributed by atoms with Gasteiger partial charge in [0.1, 0.15) is 0 Å². The SMILES string of the molecule is COC1CN(C)C(=O)C2(CCN(c3ncc(Cl)cc3F)CC2)C1. The van der Waals surface area contributed by atoms with Crippen LogP contribution in [0.25, 0.3) is 0 Å². The van der Waals surface area contributed by atoms with Crippen LogP contribution >= 0.6 is 11.6 Å². The van der Waals surface area contributed by atoms with Gasteiger partial charge in [-0.1, -0.05) is 11.6 Å². The molecule has 0 aromatic carbocycles. The maximum Gasteiger partial charge on any atom is 0.228 e. The number of carbonyl (C=O) groups excluding carboxylic acids is 1. The summed E-state index contributed by atoms with van der Waals surface area (Å²) in [5.41, 5.74) is -0.396. The third-order valence-electron chi connectivity index (χ3n) is 5.04. The molecule has 1 atom stereocenters. The predicted octanol–water partition coefficient (Wildman–Crippen LogP) is 2.34. The van der Waals surface area contributed by atoms with Gasteiger partial charge in [0.25, 0.3) is 0 Å². The van der Waals surface area contributed by atoms with E-state index in [1.807, 2.05) is 11.9 Å². The molecule has 0 N–H and O–H groups in total. The minimum absolute atomic E-state index is 0.0645. The summed E-state index contributed by atoms with van der Waals surface area (Å²) in [5.74, 6) is 0.0643. The molecule has 1 unspecified atom stereocenters. The van der Waals surface area contributed by atoms with E-state index in [-0.39, 0.29) is 17.0 Å². The number of carbonyl (C=O) groups is 1. The van der Waals surface area contributed by atoms with E-state index in [1.165, 1.54) is 12.3 Å². The van der Waals surface area contributed by atoms with Crippen molar-refractivity contribution in [3.63, 3.8) is 0 Å². The van der Waals surface area contributed by atoms with Crippen LogP contribution in [-0.4, -0.2) is 55.7 Å². The molecule has 1 amide bonds. The van der Waals surface area contributed by atoms with Gasteiger partial charge in [-0.3, -0.25) is 4.79 Å². The van der Waals surface area contributed by atoms with E-state index in [0.29, 0.717) is 38.3 Å². The molecule has 2 aliphatic rings. The number of likely N-dealkylation sites (tertiary alicyclic amines) is 1. The third kappa shape index (κ3) is 3.02. The fourth-order valence-electron chi connectivity index (χ4n) is 3.74. The number of nitrogens with zero attached hydrogens (tertiary/aromatic N) is 3. The first-order valence-electron chi connectivity index (χ1n) is 7.79. The Kier molecular flexibility index (Phi) is 4.47. The van der Waals surface area contributed by atoms with Crippen LogP contribution in [0.15, 0.2) is 12.3 Å². The average Bonchev–Trinajstić information content (AvgIpc) is 2.53. The van der Waals surface area contributed by atoms with E-state index in [4.69, 9.17) is 16.3 Å². The van der Waals surface area contributed by atoms with Gasteiger partial charge in [-0.2, -0.15) is 0 Å². The molecule has 1 aromatic rings. The number of methoxy groups -OCH3 is 1. The summed E-state index contributed by atoms with van der Waals surface area (Å²) >= 11 is 5.75. The number of hydrogen-bond donors (Lipinski definition) is 0. The molecule has 1 aromatic heterocycles. The molecule has 3 heterocycles. The maximum absolute atomic E-state index is 14.0. The van der Waals surface area contributed by atoms with Crippen molar-refractivity contribution in [1.82, 2.24) is 9.88 Å². The molecule has 0 radical (unpaired) electrons. The lowest BCUT2D eigenvalue weighted by Crippen LogP contribution is -2.56. The molecule has 0 aliphatic carbocycles. The number of ether oxygens (including phenoxy) is 1. The minimum Gasteiger partial charge on any atom is -0.380 e. The van der Waals surface area contributed by atoms with Gasteiger partial charge < -0.3 is 14.5 Å². The number of aromatic nitrogens is 1. The number of pyridine rings is 1. The van der Waals surface area contributed by atoms with Crippen molar-refractivity contribution in [2.75, 3.05) is 38.7 Å². The van der Waals surface area contributed by atoms with Crippen molar-refractivity contribution < 1.29 is 13.9 Å². The van der Waals surface area contributed by atoms with Gasteiger partial charge in [-0.05, 0) is 25.3 Å². The number of likely N-dealkylation sites (N-methyl/N-ethyl adjacent to an activating group) is 1. The maximum atomic E-state index is 14.0. The summed E-state index contributed by atoms with van der Waals surface area (Å²) in [6, 6.07) is 1.27. The van der Waals surface area contributed by atoms with E-state index < -0.39 is 11.2 Å². The summed E-state index contributed by atoms with van der Waals surface area (Å²) in [4.78, 5) is 20.4. The number of amides is 1. The Balaban J connectivity index is 1.75. The van der Waals surface area contributed by atoms with Crippen LogP contribution in [0.2, 0.25) is 5.02 Å². The smallest absolute Gasteiger partial charge is 0.228 e. The van der Waals surface area contributed by atoms with E-state index >= 15 is 0 Å². The lowest BCUT2D eigenvalue weighted by Gasteiger charge is -2.47. The largest absolute Gasteiger partial charge is 0.380 e. The molecular formula is C16H21ClFN3O2. The predicted molar refractivity (Wildman–Crippen MR) is 86.1 cm³/mol. The molecule has 126 valence electrons. The number of piperidine rings is 2. The van der Waals surface area contributed by atoms with Gasteiger partial charge in [-0.15, -0.1) is 0 Å². The zero-order valence-electron chi connectivity index (χ0n) is 13.4. The Morgan fingerprint density at radius 2 is 2.13 bits per heavy atom. The molecule has 2 saturated heterocycles. The van der Waals surface area contributed by atoms with Crippen molar-refractivity contribution in [1.29, 1.82) is 0 Å². The summed E-state index contributed by atoms with van der Waals surface area (Å²) in [5, 5.41) is 0.284. The van der Waals surface area contributed by atoms with Gasteiger partial charge in [0.05, 0.1) is 16.5 Å². The van der Waals surface area contributed by atoms with Gasteiger partial charge in [-0.25, -0.2) is 9.37 Å². The topological polar surface area (TPSA) is 45.7 Å². The van der Waals surface area contributed by atoms with Crippen LogP contribution in [-0.2, 0) is 9.53 Å². The lowest BCUT2D eigenvalue weighted by atomic mass is 9.71. The molecule has 2 fully saturated rings. The fraction of sp³-hybridized carbons (Fsp3) is 0.625. The highest BCUT2D eigenvalue weighted by molar-refractivity contribution is 6.30. The zero-order valence-corrected chi connectivity index (χ0v) is 14.1. The Hall–Kier alpha value is -1.40. The van der Waals surface area contributed by atoms with E-state index in [0.717, 1.165) is 6.42 Å². The number of halogens is 2. The van der Waals surface area contributed by atoms with Gasteiger partial charge in [0.15, 0.2) is 11.6 Å². The Labute approximate surface area is 140 Å². The minimum atomic E-state index is -0.421. The first-order valence-corrected chi connectivity index (χ1v) is 8.17. The Morgan fingerprint density at radius 3 is 2.74 bits per heavy atom. The number of hydrogen-bond acceptors (Lipinski definition) is 4. The van der Waals surface area contributed by atoms with Crippen LogP contribution in [0.1, 0.15) is 19.3 Å². The standard InChI is InChI=1S/C16H21ClFN3O2/c1-20-10-12(23-2)8-16(15(20)22)3-5-21(6-4-16)14-13(18)7-11(17)9-19-14/h7,9,12H,3-6,8,10H2,1-2H3. The second kappa shape index (κ2) is 6.24. The van der Waals surface area contributed by atoms with Crippen molar-refractivity contribution in [2.45, 2.75) is 25.4 Å². The second-order valence-corrected chi connectivity index (χ2v) is 6.91. The molecule has 23 heavy (non-hydrogen) atoms. The van der Waals surface area contributed by atoms with E-state index in [9.17, 15) is 9.18 Å². The summed E-state index contributed by atoms with van der Waals surface area (Å²) < 4.78 is 19.5. The molecule has 5 nitrogen and oxygen atoms in total. The molecule has 3 rings (SSSR count). The monoisotopic (exact) mass is 341 g/mol. The third-order valence-corrected chi connectivity index (χ3v) is 5.24. The number of rotatable bonds is 2. The van der Waals surface area contributed by atoms with E-state index in [2.05, 4.69) is 4.98 Å². The summed E-state index contributed by atoms with van der Waals surface area (Å²) in [7, 11) is 3.51. The molecule has 1 spiro atoms. The summed E-state index contributed by atoms with van der Waals surface area (Å²) in [6.45, 7) is 1.83. The molecule has 0 bridgehead atoms. The van der Waals surface area contributed by atoms with Crippen molar-refractivity contribution in [2.24, 2.45) is 5.41 Å². The number of anilines is 1. The second-order valence-electron chi connectivity index (χ2n) is 6.47. The molecule has 2 aliphatic heterocycles. The zero-order chi connectivity index (χ0) is 16.6. The Bertz CT molecular complexity index is 605. The molecular weight excluding hydrogens is 321 g/mol. The first-order chi connectivity index (χ1) is 10.9. The van der Waals surface area contributed by atoms with Crippen molar-refractivity contribution in [3.05, 3.63) is 23.1 Å². The van der Waals surface area contributed by atoms with Crippen molar-refractivity contribution in [3.8, 4) is 0 Å². The average molecular weight is 342 g/mol. The fourth-order valence-corrected chi connectivity index (χ4v) is 3.89. The highest BCUT2D eigenvalue weighted by Gasteiger charge is 2.48. The normalized spacial score (nSPS) is 24.3. The van der Waals surface area contributed by atoms with Crippen LogP contribution in [0, 0.1) is 11.2 Å². The lowest BCUT2D eigenvalue weighted by molar-refractivity contribution is -0.153. The quantitative estimate of drug-likeness (QED) is 0.828. The van der Waals surface area contributed by atoms with Crippen LogP contribution < -0.4 is 4.90 Å². The van der Waals surface area contributed by atoms with Crippen molar-refractivity contribution >= 4 is 23.3 Å². The Morgan fingerprint density at radius 1 is 1.43 bits per heavy atom. The van der Waals surface area contributed by atoms with Gasteiger partial charge in [0.2, 0.25) is 5.91 Å². The molecule has 7 heteroatoms. The van der Waals surface area contributed by atoms with E-state index in [1.54, 1.807) is 12.0 Å². The highest BCUT2D eigenvalue weighted by Crippen LogP contribution is 2.42. The van der Waals surface area contributed by atoms with Crippen LogP contribution in [0.4, 0.5) is 10.2 Å². The van der Waals surface area contributed by atoms with Crippen LogP contribution in [0.3, 0.4) is 0 Å². The first kappa shape index (κ1) is 16.5. The van der Waals surface area contributed by atoms with Crippen LogP contribution in [0.5, 0.6) is 0 Å².